The van der Waals surface area contributed by atoms with E-state index >= 15 is 0 Å². The molecule has 0 heterocycles. The molecule has 0 bridgehead atoms. The summed E-state index contributed by atoms with van der Waals surface area (Å²) in [5.74, 6) is 8.57. The number of terminal acetylenes is 1. The first-order chi connectivity index (χ1) is 4.31. The second-order valence-electron chi connectivity index (χ2n) is 2.07. The summed E-state index contributed by atoms with van der Waals surface area (Å²) in [7, 11) is 0. The first kappa shape index (κ1) is 8.12. The maximum Gasteiger partial charge on any atom is 0.0198 e. The fourth-order valence-corrected chi connectivity index (χ4v) is 0.520. The lowest BCUT2D eigenvalue weighted by atomic mass is 10.1. The molecule has 1 radical (unpaired) electrons. The van der Waals surface area contributed by atoms with Gasteiger partial charge in [0.1, 0.15) is 0 Å². The molecule has 0 heteroatoms. The monoisotopic (exact) mass is 119 g/mol. The predicted octanol–water partition coefficient (Wildman–Crippen LogP) is 1.87. The van der Waals surface area contributed by atoms with Crippen LogP contribution in [-0.4, -0.2) is 0 Å². The van der Waals surface area contributed by atoms with Crippen molar-refractivity contribution in [2.24, 2.45) is 5.92 Å². The van der Waals surface area contributed by atoms with Gasteiger partial charge in [-0.15, -0.1) is 24.2 Å². The Morgan fingerprint density at radius 3 is 2.67 bits per heavy atom. The van der Waals surface area contributed by atoms with Crippen LogP contribution in [0.15, 0.2) is 0 Å². The molecule has 1 atom stereocenters. The Bertz CT molecular complexity index is 149. The molecule has 0 spiro atoms. The molecular weight excluding hydrogens is 108 g/mol. The van der Waals surface area contributed by atoms with Gasteiger partial charge in [0.15, 0.2) is 0 Å². The van der Waals surface area contributed by atoms with Crippen molar-refractivity contribution in [3.8, 4) is 24.2 Å². The van der Waals surface area contributed by atoms with Crippen molar-refractivity contribution in [1.82, 2.24) is 0 Å². The third-order valence-corrected chi connectivity index (χ3v) is 1.04. The molecule has 0 rings (SSSR count). The van der Waals surface area contributed by atoms with E-state index in [9.17, 15) is 0 Å². The van der Waals surface area contributed by atoms with E-state index in [0.717, 1.165) is 12.8 Å². The Labute approximate surface area is 57.7 Å². The molecule has 0 fully saturated rings. The first-order valence-corrected chi connectivity index (χ1v) is 2.99. The Hall–Kier alpha value is -0.880. The zero-order chi connectivity index (χ0) is 7.11. The Morgan fingerprint density at radius 2 is 2.22 bits per heavy atom. The standard InChI is InChI=1S/C9H11/c1-4-6-8-9(3)7-5-2/h2,9H,1,7-8H2,3H3. The van der Waals surface area contributed by atoms with Gasteiger partial charge in [-0.05, 0) is 5.92 Å². The molecule has 0 aliphatic heterocycles. The molecule has 1 unspecified atom stereocenters. The summed E-state index contributed by atoms with van der Waals surface area (Å²) in [5, 5.41) is 0. The van der Waals surface area contributed by atoms with Crippen LogP contribution in [0.4, 0.5) is 0 Å². The second kappa shape index (κ2) is 5.26. The molecule has 0 N–H and O–H groups in total. The summed E-state index contributed by atoms with van der Waals surface area (Å²) in [6.45, 7) is 5.49. The summed E-state index contributed by atoms with van der Waals surface area (Å²) in [6.07, 6.45) is 6.77. The summed E-state index contributed by atoms with van der Waals surface area (Å²) in [5.41, 5.74) is 0. The van der Waals surface area contributed by atoms with Crippen LogP contribution in [0.2, 0.25) is 0 Å². The van der Waals surface area contributed by atoms with E-state index in [4.69, 9.17) is 6.42 Å². The van der Waals surface area contributed by atoms with Crippen LogP contribution in [0.25, 0.3) is 0 Å². The zero-order valence-electron chi connectivity index (χ0n) is 5.78. The molecule has 9 heavy (non-hydrogen) atoms. The van der Waals surface area contributed by atoms with Crippen molar-refractivity contribution in [1.29, 1.82) is 0 Å². The maximum absolute atomic E-state index is 5.09. The van der Waals surface area contributed by atoms with Crippen LogP contribution < -0.4 is 0 Å². The van der Waals surface area contributed by atoms with Gasteiger partial charge in [-0.2, -0.15) is 0 Å². The molecule has 47 valence electrons. The average molecular weight is 119 g/mol. The molecule has 0 aliphatic rings. The normalized spacial score (nSPS) is 10.8. The number of hydrogen-bond donors (Lipinski definition) is 0. The SMILES string of the molecule is C#CCC(C)CC#C[CH2]. The first-order valence-electron chi connectivity index (χ1n) is 2.99. The van der Waals surface area contributed by atoms with Crippen molar-refractivity contribution < 1.29 is 0 Å². The lowest BCUT2D eigenvalue weighted by Crippen LogP contribution is -1.89. The van der Waals surface area contributed by atoms with Gasteiger partial charge in [0, 0.05) is 19.8 Å². The molecule has 0 aromatic carbocycles. The third kappa shape index (κ3) is 4.98. The molecule has 0 aliphatic carbocycles. The van der Waals surface area contributed by atoms with Crippen LogP contribution in [0.1, 0.15) is 19.8 Å². The van der Waals surface area contributed by atoms with Gasteiger partial charge in [-0.1, -0.05) is 6.92 Å². The van der Waals surface area contributed by atoms with E-state index in [1.165, 1.54) is 0 Å². The van der Waals surface area contributed by atoms with Gasteiger partial charge in [0.25, 0.3) is 0 Å². The van der Waals surface area contributed by atoms with Gasteiger partial charge < -0.3 is 0 Å². The minimum atomic E-state index is 0.518. The molecule has 0 saturated heterocycles. The number of rotatable bonds is 2. The van der Waals surface area contributed by atoms with Gasteiger partial charge >= 0.3 is 0 Å². The third-order valence-electron chi connectivity index (χ3n) is 1.04. The maximum atomic E-state index is 5.09. The minimum Gasteiger partial charge on any atom is -0.120 e. The largest absolute Gasteiger partial charge is 0.120 e. The molecule has 0 aromatic heterocycles. The van der Waals surface area contributed by atoms with Crippen molar-refractivity contribution in [2.45, 2.75) is 19.8 Å². The molecule has 0 saturated carbocycles. The lowest BCUT2D eigenvalue weighted by molar-refractivity contribution is 0.623. The van der Waals surface area contributed by atoms with E-state index < -0.39 is 0 Å². The van der Waals surface area contributed by atoms with Gasteiger partial charge in [-0.25, -0.2) is 0 Å². The highest BCUT2D eigenvalue weighted by Crippen LogP contribution is 2.03. The second-order valence-corrected chi connectivity index (χ2v) is 2.07. The lowest BCUT2D eigenvalue weighted by Gasteiger charge is -1.98. The topological polar surface area (TPSA) is 0 Å². The van der Waals surface area contributed by atoms with Crippen LogP contribution in [0.3, 0.4) is 0 Å². The Balaban J connectivity index is 3.37. The highest BCUT2D eigenvalue weighted by atomic mass is 14.0. The van der Waals surface area contributed by atoms with E-state index in [1.807, 2.05) is 0 Å². The van der Waals surface area contributed by atoms with Crippen molar-refractivity contribution in [2.75, 3.05) is 0 Å². The Morgan fingerprint density at radius 1 is 1.56 bits per heavy atom. The van der Waals surface area contributed by atoms with Crippen LogP contribution >= 0.6 is 0 Å². The van der Waals surface area contributed by atoms with E-state index in [0.29, 0.717) is 5.92 Å². The Kier molecular flexibility index (Phi) is 4.75. The van der Waals surface area contributed by atoms with E-state index in [2.05, 4.69) is 31.6 Å². The highest BCUT2D eigenvalue weighted by Gasteiger charge is 1.94. The smallest absolute Gasteiger partial charge is 0.0198 e. The molecule has 0 amide bonds. The predicted molar refractivity (Wildman–Crippen MR) is 40.4 cm³/mol. The highest BCUT2D eigenvalue weighted by molar-refractivity contribution is 5.02. The van der Waals surface area contributed by atoms with Crippen LogP contribution in [-0.2, 0) is 0 Å². The van der Waals surface area contributed by atoms with Gasteiger partial charge in [-0.3, -0.25) is 0 Å². The van der Waals surface area contributed by atoms with Gasteiger partial charge in [0.05, 0.1) is 0 Å². The summed E-state index contributed by atoms with van der Waals surface area (Å²) >= 11 is 0. The molecule has 0 aromatic rings. The van der Waals surface area contributed by atoms with Crippen LogP contribution in [0, 0.1) is 37.0 Å². The fraction of sp³-hybridized carbons (Fsp3) is 0.444. The van der Waals surface area contributed by atoms with E-state index in [-0.39, 0.29) is 0 Å². The van der Waals surface area contributed by atoms with Gasteiger partial charge in [0.2, 0.25) is 0 Å². The summed E-state index contributed by atoms with van der Waals surface area (Å²) in [4.78, 5) is 0. The minimum absolute atomic E-state index is 0.518. The summed E-state index contributed by atoms with van der Waals surface area (Å²) < 4.78 is 0. The zero-order valence-corrected chi connectivity index (χ0v) is 5.78. The quantitative estimate of drug-likeness (QED) is 0.487. The molecular formula is C9H11. The summed E-state index contributed by atoms with van der Waals surface area (Å²) in [6, 6.07) is 0. The van der Waals surface area contributed by atoms with Crippen molar-refractivity contribution in [3.05, 3.63) is 6.92 Å². The number of hydrogen-bond acceptors (Lipinski definition) is 0. The van der Waals surface area contributed by atoms with Crippen LogP contribution in [0.5, 0.6) is 0 Å². The van der Waals surface area contributed by atoms with E-state index in [1.54, 1.807) is 0 Å². The fourth-order valence-electron chi connectivity index (χ4n) is 0.520. The van der Waals surface area contributed by atoms with Crippen molar-refractivity contribution >= 4 is 0 Å². The average Bonchev–Trinajstić information content (AvgIpc) is 1.85. The molecule has 0 nitrogen and oxygen atoms in total. The van der Waals surface area contributed by atoms with Crippen molar-refractivity contribution in [3.63, 3.8) is 0 Å².